The highest BCUT2D eigenvalue weighted by Gasteiger charge is 2.32. The Bertz CT molecular complexity index is 1330. The van der Waals surface area contributed by atoms with Gasteiger partial charge in [0.05, 0.1) is 0 Å². The van der Waals surface area contributed by atoms with Gasteiger partial charge in [0.15, 0.2) is 18.5 Å². The van der Waals surface area contributed by atoms with E-state index in [4.69, 9.17) is 0 Å². The summed E-state index contributed by atoms with van der Waals surface area (Å²) in [6.45, 7) is 0.385. The summed E-state index contributed by atoms with van der Waals surface area (Å²) in [6, 6.07) is 13.5. The van der Waals surface area contributed by atoms with E-state index in [0.717, 1.165) is 0 Å². The third kappa shape index (κ3) is 2.05. The van der Waals surface area contributed by atoms with Crippen LogP contribution >= 0.6 is 0 Å². The maximum atomic E-state index is 12.7. The van der Waals surface area contributed by atoms with E-state index in [0.29, 0.717) is 40.4 Å². The van der Waals surface area contributed by atoms with Crippen LogP contribution < -0.4 is 25.9 Å². The molecular formula is C22H13NO4. The van der Waals surface area contributed by atoms with E-state index in [2.05, 4.69) is 0 Å². The first kappa shape index (κ1) is 15.6. The molecule has 5 nitrogen and oxygen atoms in total. The average molecular weight is 355 g/mol. The second kappa shape index (κ2) is 5.45. The van der Waals surface area contributed by atoms with Gasteiger partial charge in [-0.1, -0.05) is 54.3 Å². The van der Waals surface area contributed by atoms with Gasteiger partial charge in [-0.3, -0.25) is 14.4 Å². The van der Waals surface area contributed by atoms with Crippen molar-refractivity contribution in [3.05, 3.63) is 103 Å². The molecule has 0 spiro atoms. The zero-order valence-electron chi connectivity index (χ0n) is 14.2. The molecule has 5 heteroatoms. The van der Waals surface area contributed by atoms with E-state index in [1.807, 2.05) is 0 Å². The molecule has 1 heterocycles. The maximum absolute atomic E-state index is 12.7. The van der Waals surface area contributed by atoms with Crippen LogP contribution in [0, 0.1) is 0 Å². The van der Waals surface area contributed by atoms with E-state index in [9.17, 15) is 19.5 Å². The summed E-state index contributed by atoms with van der Waals surface area (Å²) in [5, 5.41) is 13.5. The number of fused-ring (bicyclic) bond motifs is 2. The summed E-state index contributed by atoms with van der Waals surface area (Å²) in [6.07, 6.45) is 2.04. The van der Waals surface area contributed by atoms with E-state index < -0.39 is 0 Å². The quantitative estimate of drug-likeness (QED) is 0.595. The summed E-state index contributed by atoms with van der Waals surface area (Å²) < 4.78 is 1.58. The van der Waals surface area contributed by atoms with E-state index in [-0.39, 0.29) is 33.3 Å². The minimum absolute atomic E-state index is 0.0854. The molecule has 3 aromatic carbocycles. The lowest BCUT2D eigenvalue weighted by Gasteiger charge is -2.10. The van der Waals surface area contributed by atoms with Crippen LogP contribution in [0.1, 0.15) is 22.3 Å². The number of allylic oxidation sites excluding steroid dienone is 1. The van der Waals surface area contributed by atoms with Crippen LogP contribution in [0.25, 0.3) is 16.5 Å². The number of carbonyl (C=O) groups excluding carboxylic acids is 1. The first-order valence-electron chi connectivity index (χ1n) is 8.66. The fourth-order valence-electron chi connectivity index (χ4n) is 3.97. The van der Waals surface area contributed by atoms with Gasteiger partial charge in [0, 0.05) is 33.9 Å². The van der Waals surface area contributed by atoms with Crippen LogP contribution in [0.4, 0.5) is 0 Å². The van der Waals surface area contributed by atoms with Gasteiger partial charge in [0.25, 0.3) is 10.9 Å². The average Bonchev–Trinajstić information content (AvgIpc) is 3.32. The molecule has 5 rings (SSSR count). The number of benzene rings is 2. The summed E-state index contributed by atoms with van der Waals surface area (Å²) in [4.78, 5) is 38.0. The van der Waals surface area contributed by atoms with Gasteiger partial charge in [-0.25, -0.2) is 0 Å². The molecule has 0 saturated heterocycles. The van der Waals surface area contributed by atoms with Crippen LogP contribution in [-0.2, 0) is 0 Å². The smallest absolute Gasteiger partial charge is 0.302 e. The lowest BCUT2D eigenvalue weighted by molar-refractivity contribution is -0.244. The summed E-state index contributed by atoms with van der Waals surface area (Å²) in [7, 11) is 0. The minimum atomic E-state index is -0.314. The maximum Gasteiger partial charge on any atom is 0.302 e. The molecule has 0 fully saturated rings. The normalized spacial score (nSPS) is 16.4. The summed E-state index contributed by atoms with van der Waals surface area (Å²) >= 11 is 0. The molecule has 0 unspecified atom stereocenters. The molecule has 27 heavy (non-hydrogen) atoms. The molecule has 0 saturated carbocycles. The Morgan fingerprint density at radius 2 is 1.41 bits per heavy atom. The van der Waals surface area contributed by atoms with Crippen LogP contribution in [0.15, 0.2) is 75.5 Å². The molecule has 0 N–H and O–H groups in total. The first-order chi connectivity index (χ1) is 13.1. The van der Waals surface area contributed by atoms with Crippen molar-refractivity contribution < 1.29 is 9.90 Å². The van der Waals surface area contributed by atoms with Gasteiger partial charge in [-0.05, 0) is 5.56 Å². The predicted molar refractivity (Wildman–Crippen MR) is 99.4 cm³/mol. The molecule has 0 amide bonds. The Hall–Kier alpha value is -3.60. The SMILES string of the molecule is O=C1C(C2=C[N+](=c3c(=O)c4ccccc4c3=O)CC2)=C([O-])c2ccccc21. The highest BCUT2D eigenvalue weighted by Crippen LogP contribution is 2.35. The van der Waals surface area contributed by atoms with Crippen molar-refractivity contribution in [2.75, 3.05) is 6.54 Å². The van der Waals surface area contributed by atoms with Gasteiger partial charge in [0.1, 0.15) is 0 Å². The number of carbonyl (C=O) groups is 1. The highest BCUT2D eigenvalue weighted by atomic mass is 16.3. The van der Waals surface area contributed by atoms with Crippen LogP contribution in [0.2, 0.25) is 0 Å². The van der Waals surface area contributed by atoms with Gasteiger partial charge in [-0.15, -0.1) is 0 Å². The predicted octanol–water partition coefficient (Wildman–Crippen LogP) is 0.463. The van der Waals surface area contributed by atoms with Gasteiger partial charge in [0.2, 0.25) is 0 Å². The largest absolute Gasteiger partial charge is 0.872 e. The van der Waals surface area contributed by atoms with E-state index in [1.54, 1.807) is 59.3 Å². The topological polar surface area (TPSA) is 77.3 Å². The summed E-state index contributed by atoms with van der Waals surface area (Å²) in [5.41, 5.74) is 0.908. The molecule has 3 aromatic rings. The third-order valence-electron chi connectivity index (χ3n) is 5.26. The van der Waals surface area contributed by atoms with Crippen molar-refractivity contribution in [2.24, 2.45) is 0 Å². The number of hydrogen-bond acceptors (Lipinski definition) is 4. The first-order valence-corrected chi connectivity index (χ1v) is 8.66. The Morgan fingerprint density at radius 1 is 0.815 bits per heavy atom. The molecule has 0 atom stereocenters. The fourth-order valence-corrected chi connectivity index (χ4v) is 3.97. The van der Waals surface area contributed by atoms with Crippen molar-refractivity contribution in [1.29, 1.82) is 0 Å². The van der Waals surface area contributed by atoms with E-state index >= 15 is 0 Å². The van der Waals surface area contributed by atoms with Gasteiger partial charge < -0.3 is 5.11 Å². The number of hydrogen-bond donors (Lipinski definition) is 0. The molecule has 130 valence electrons. The highest BCUT2D eigenvalue weighted by molar-refractivity contribution is 6.21. The van der Waals surface area contributed by atoms with Gasteiger partial charge in [-0.2, -0.15) is 4.58 Å². The van der Waals surface area contributed by atoms with Crippen LogP contribution in [0.5, 0.6) is 0 Å². The van der Waals surface area contributed by atoms with Crippen molar-refractivity contribution in [2.45, 2.75) is 6.42 Å². The number of Topliss-reactive ketones (excluding diaryl/α,β-unsaturated/α-hetero) is 1. The number of rotatable bonds is 1. The zero-order chi connectivity index (χ0) is 18.7. The molecular weight excluding hydrogens is 342 g/mol. The van der Waals surface area contributed by atoms with Crippen molar-refractivity contribution in [3.8, 4) is 0 Å². The molecule has 0 aromatic heterocycles. The van der Waals surface area contributed by atoms with Crippen molar-refractivity contribution in [1.82, 2.24) is 4.58 Å². The molecule has 1 aliphatic carbocycles. The Labute approximate surface area is 153 Å². The standard InChI is InChI=1S/C22H13NO4/c24-19-13-5-1-2-6-14(13)20(25)17(19)12-9-10-23(11-12)18-21(26)15-7-3-4-8-16(15)22(18)27/h1-8,11H,9-10H2. The van der Waals surface area contributed by atoms with Crippen LogP contribution in [-0.4, -0.2) is 12.3 Å². The lowest BCUT2D eigenvalue weighted by atomic mass is 10.0. The van der Waals surface area contributed by atoms with Crippen molar-refractivity contribution >= 4 is 22.3 Å². The van der Waals surface area contributed by atoms with Crippen LogP contribution in [0.3, 0.4) is 0 Å². The Kier molecular flexibility index (Phi) is 3.15. The molecule has 1 aliphatic heterocycles. The lowest BCUT2D eigenvalue weighted by Crippen LogP contribution is -2.42. The second-order valence-electron chi connectivity index (χ2n) is 6.73. The molecule has 2 aliphatic rings. The third-order valence-corrected chi connectivity index (χ3v) is 5.26. The second-order valence-corrected chi connectivity index (χ2v) is 6.73. The Balaban J connectivity index is 1.73. The number of nitrogens with zero attached hydrogens (tertiary/aromatic N) is 1. The molecule has 0 radical (unpaired) electrons. The Morgan fingerprint density at radius 3 is 2.04 bits per heavy atom. The van der Waals surface area contributed by atoms with Crippen molar-refractivity contribution in [3.63, 3.8) is 0 Å². The number of ketones is 1. The zero-order valence-corrected chi connectivity index (χ0v) is 14.2. The summed E-state index contributed by atoms with van der Waals surface area (Å²) in [5.74, 6) is -0.581. The minimum Gasteiger partial charge on any atom is -0.872 e. The fraction of sp³-hybridized carbons (Fsp3) is 0.0909. The molecule has 0 bridgehead atoms. The van der Waals surface area contributed by atoms with E-state index in [1.165, 1.54) is 0 Å². The van der Waals surface area contributed by atoms with Gasteiger partial charge >= 0.3 is 5.36 Å². The monoisotopic (exact) mass is 355 g/mol.